The minimum Gasteiger partial charge on any atom is -0.377 e. The zero-order valence-electron chi connectivity index (χ0n) is 11.5. The number of morpholine rings is 1. The van der Waals surface area contributed by atoms with Crippen LogP contribution < -0.4 is 5.73 Å². The maximum atomic E-state index is 12.4. The largest absolute Gasteiger partial charge is 0.377 e. The van der Waals surface area contributed by atoms with Crippen molar-refractivity contribution in [2.24, 2.45) is 17.1 Å². The van der Waals surface area contributed by atoms with Gasteiger partial charge in [-0.15, -0.1) is 0 Å². The first-order valence-corrected chi connectivity index (χ1v) is 6.43. The maximum Gasteiger partial charge on any atom is 0.227 e. The first-order chi connectivity index (χ1) is 7.85. The predicted octanol–water partition coefficient (Wildman–Crippen LogP) is 1.24. The van der Waals surface area contributed by atoms with E-state index in [1.165, 1.54) is 0 Å². The summed E-state index contributed by atoms with van der Waals surface area (Å²) < 4.78 is 5.35. The van der Waals surface area contributed by atoms with Gasteiger partial charge in [-0.25, -0.2) is 0 Å². The summed E-state index contributed by atoms with van der Waals surface area (Å²) in [6, 6.07) is 0.172. The number of rotatable bonds is 3. The summed E-state index contributed by atoms with van der Waals surface area (Å²) >= 11 is 0. The molecule has 1 saturated heterocycles. The average Bonchev–Trinajstić information content (AvgIpc) is 2.24. The van der Waals surface area contributed by atoms with Gasteiger partial charge in [-0.05, 0) is 18.8 Å². The van der Waals surface area contributed by atoms with E-state index in [4.69, 9.17) is 10.5 Å². The van der Waals surface area contributed by atoms with E-state index >= 15 is 0 Å². The molecule has 0 spiro atoms. The van der Waals surface area contributed by atoms with Crippen molar-refractivity contribution in [3.63, 3.8) is 0 Å². The van der Waals surface area contributed by atoms with E-state index in [1.54, 1.807) is 0 Å². The molecule has 1 rings (SSSR count). The summed E-state index contributed by atoms with van der Waals surface area (Å²) in [5, 5.41) is 0. The van der Waals surface area contributed by atoms with Crippen LogP contribution in [-0.4, -0.2) is 43.2 Å². The van der Waals surface area contributed by atoms with Gasteiger partial charge in [0.25, 0.3) is 0 Å². The highest BCUT2D eigenvalue weighted by molar-refractivity contribution is 5.79. The van der Waals surface area contributed by atoms with E-state index in [-0.39, 0.29) is 23.3 Å². The third-order valence-corrected chi connectivity index (χ3v) is 3.14. The summed E-state index contributed by atoms with van der Waals surface area (Å²) in [4.78, 5) is 14.3. The first-order valence-electron chi connectivity index (χ1n) is 6.43. The third-order valence-electron chi connectivity index (χ3n) is 3.14. The van der Waals surface area contributed by atoms with E-state index in [9.17, 15) is 4.79 Å². The summed E-state index contributed by atoms with van der Waals surface area (Å²) in [6.07, 6.45) is 0.840. The highest BCUT2D eigenvalue weighted by Gasteiger charge is 2.31. The van der Waals surface area contributed by atoms with Gasteiger partial charge in [-0.1, -0.05) is 20.8 Å². The van der Waals surface area contributed by atoms with Crippen molar-refractivity contribution in [3.05, 3.63) is 0 Å². The molecular weight excluding hydrogens is 216 g/mol. The molecule has 0 bridgehead atoms. The molecule has 1 amide bonds. The molecule has 0 aromatic rings. The van der Waals surface area contributed by atoms with Crippen LogP contribution in [0.15, 0.2) is 0 Å². The number of amides is 1. The van der Waals surface area contributed by atoms with Gasteiger partial charge in [0.2, 0.25) is 5.91 Å². The molecule has 0 aromatic carbocycles. The van der Waals surface area contributed by atoms with E-state index in [0.717, 1.165) is 6.42 Å². The van der Waals surface area contributed by atoms with Crippen molar-refractivity contribution in [3.8, 4) is 0 Å². The number of carbonyl (C=O) groups is 1. The Balaban J connectivity index is 2.64. The Morgan fingerprint density at radius 2 is 2.18 bits per heavy atom. The summed E-state index contributed by atoms with van der Waals surface area (Å²) in [7, 11) is 0. The van der Waals surface area contributed by atoms with Crippen LogP contribution in [0.5, 0.6) is 0 Å². The van der Waals surface area contributed by atoms with Gasteiger partial charge < -0.3 is 15.4 Å². The fraction of sp³-hybridized carbons (Fsp3) is 0.923. The van der Waals surface area contributed by atoms with Crippen molar-refractivity contribution in [1.82, 2.24) is 4.90 Å². The quantitative estimate of drug-likeness (QED) is 0.810. The summed E-state index contributed by atoms with van der Waals surface area (Å²) in [5.41, 5.74) is 5.89. The minimum atomic E-state index is -0.0597. The standard InChI is InChI=1S/C13H26N2O2/c1-10-9-17-6-5-15(10)12(16)11(8-14)7-13(2,3)4/h10-11H,5-9,14H2,1-4H3/t10-,11?/m1/s1. The molecule has 0 aromatic heterocycles. The molecule has 4 heteroatoms. The smallest absolute Gasteiger partial charge is 0.227 e. The fourth-order valence-electron chi connectivity index (χ4n) is 2.30. The zero-order chi connectivity index (χ0) is 13.1. The lowest BCUT2D eigenvalue weighted by Crippen LogP contribution is -2.51. The van der Waals surface area contributed by atoms with Crippen LogP contribution in [-0.2, 0) is 9.53 Å². The van der Waals surface area contributed by atoms with E-state index < -0.39 is 0 Å². The SMILES string of the molecule is C[C@@H]1COCCN1C(=O)C(CN)CC(C)(C)C. The van der Waals surface area contributed by atoms with Crippen molar-refractivity contribution in [1.29, 1.82) is 0 Å². The van der Waals surface area contributed by atoms with E-state index in [2.05, 4.69) is 20.8 Å². The number of hydrogen-bond acceptors (Lipinski definition) is 3. The molecule has 1 aliphatic rings. The number of ether oxygens (including phenoxy) is 1. The zero-order valence-corrected chi connectivity index (χ0v) is 11.5. The Morgan fingerprint density at radius 3 is 2.65 bits per heavy atom. The molecule has 1 unspecified atom stereocenters. The summed E-state index contributed by atoms with van der Waals surface area (Å²) in [5.74, 6) is 0.133. The third kappa shape index (κ3) is 4.28. The Labute approximate surface area is 104 Å². The van der Waals surface area contributed by atoms with Gasteiger partial charge >= 0.3 is 0 Å². The molecular formula is C13H26N2O2. The van der Waals surface area contributed by atoms with Crippen LogP contribution in [0.1, 0.15) is 34.1 Å². The van der Waals surface area contributed by atoms with Crippen molar-refractivity contribution in [2.75, 3.05) is 26.3 Å². The molecule has 2 atom stereocenters. The van der Waals surface area contributed by atoms with E-state index in [0.29, 0.717) is 26.3 Å². The lowest BCUT2D eigenvalue weighted by molar-refractivity contribution is -0.144. The van der Waals surface area contributed by atoms with E-state index in [1.807, 2.05) is 11.8 Å². The highest BCUT2D eigenvalue weighted by Crippen LogP contribution is 2.26. The number of nitrogens with zero attached hydrogens (tertiary/aromatic N) is 1. The van der Waals surface area contributed by atoms with Crippen LogP contribution in [0.3, 0.4) is 0 Å². The first kappa shape index (κ1) is 14.5. The van der Waals surface area contributed by atoms with Crippen molar-refractivity contribution < 1.29 is 9.53 Å². The molecule has 2 N–H and O–H groups in total. The minimum absolute atomic E-state index is 0.0597. The van der Waals surface area contributed by atoms with Gasteiger partial charge in [0.05, 0.1) is 25.2 Å². The van der Waals surface area contributed by atoms with Crippen LogP contribution in [0.2, 0.25) is 0 Å². The Kier molecular flexibility index (Phi) is 4.95. The Bertz CT molecular complexity index is 261. The van der Waals surface area contributed by atoms with Crippen LogP contribution >= 0.6 is 0 Å². The molecule has 1 fully saturated rings. The normalized spacial score (nSPS) is 23.6. The molecule has 0 saturated carbocycles. The average molecular weight is 242 g/mol. The van der Waals surface area contributed by atoms with Crippen molar-refractivity contribution in [2.45, 2.75) is 40.2 Å². The van der Waals surface area contributed by atoms with Gasteiger partial charge in [-0.3, -0.25) is 4.79 Å². The van der Waals surface area contributed by atoms with Crippen LogP contribution in [0.25, 0.3) is 0 Å². The molecule has 1 heterocycles. The predicted molar refractivity (Wildman–Crippen MR) is 68.6 cm³/mol. The Hall–Kier alpha value is -0.610. The molecule has 0 radical (unpaired) electrons. The second kappa shape index (κ2) is 5.83. The molecule has 17 heavy (non-hydrogen) atoms. The van der Waals surface area contributed by atoms with Gasteiger partial charge in [0.15, 0.2) is 0 Å². The second-order valence-corrected chi connectivity index (χ2v) is 6.15. The van der Waals surface area contributed by atoms with Crippen molar-refractivity contribution >= 4 is 5.91 Å². The molecule has 100 valence electrons. The topological polar surface area (TPSA) is 55.6 Å². The van der Waals surface area contributed by atoms with Gasteiger partial charge in [0, 0.05) is 13.1 Å². The summed E-state index contributed by atoms with van der Waals surface area (Å²) in [6.45, 7) is 10.9. The van der Waals surface area contributed by atoms with Gasteiger partial charge in [-0.2, -0.15) is 0 Å². The van der Waals surface area contributed by atoms with Gasteiger partial charge in [0.1, 0.15) is 0 Å². The number of hydrogen-bond donors (Lipinski definition) is 1. The molecule has 4 nitrogen and oxygen atoms in total. The lowest BCUT2D eigenvalue weighted by Gasteiger charge is -2.37. The van der Waals surface area contributed by atoms with Crippen LogP contribution in [0, 0.1) is 11.3 Å². The van der Waals surface area contributed by atoms with Crippen LogP contribution in [0.4, 0.5) is 0 Å². The fourth-order valence-corrected chi connectivity index (χ4v) is 2.30. The monoisotopic (exact) mass is 242 g/mol. The second-order valence-electron chi connectivity index (χ2n) is 6.15. The number of nitrogens with two attached hydrogens (primary N) is 1. The lowest BCUT2D eigenvalue weighted by atomic mass is 9.84. The molecule has 0 aliphatic carbocycles. The maximum absolute atomic E-state index is 12.4. The highest BCUT2D eigenvalue weighted by atomic mass is 16.5. The number of carbonyl (C=O) groups excluding carboxylic acids is 1. The Morgan fingerprint density at radius 1 is 1.53 bits per heavy atom. The molecule has 1 aliphatic heterocycles.